The third-order valence-electron chi connectivity index (χ3n) is 6.65. The van der Waals surface area contributed by atoms with Crippen molar-refractivity contribution in [2.45, 2.75) is 58.5 Å². The number of piperidine rings is 1. The Balaban J connectivity index is 1.41. The lowest BCUT2D eigenvalue weighted by Crippen LogP contribution is -2.60. The van der Waals surface area contributed by atoms with Crippen LogP contribution >= 0.6 is 0 Å². The number of furan rings is 1. The minimum absolute atomic E-state index is 0.00143. The van der Waals surface area contributed by atoms with Crippen molar-refractivity contribution in [3.05, 3.63) is 40.7 Å². The van der Waals surface area contributed by atoms with Gasteiger partial charge in [-0.15, -0.1) is 0 Å². The summed E-state index contributed by atoms with van der Waals surface area (Å²) < 4.78 is 11.0. The van der Waals surface area contributed by atoms with E-state index in [0.717, 1.165) is 48.5 Å². The molecule has 2 aromatic rings. The van der Waals surface area contributed by atoms with Gasteiger partial charge in [0.05, 0.1) is 11.3 Å². The molecule has 1 aliphatic heterocycles. The molecule has 1 N–H and O–H groups in total. The highest BCUT2D eigenvalue weighted by Crippen LogP contribution is 2.56. The Bertz CT molecular complexity index is 805. The number of carbonyl (C=O) groups excluding carboxylic acids is 1. The summed E-state index contributed by atoms with van der Waals surface area (Å²) in [6, 6.07) is 3.60. The number of nitrogens with zero attached hydrogens (tertiary/aromatic N) is 2. The summed E-state index contributed by atoms with van der Waals surface area (Å²) in [5.74, 6) is 1.82. The zero-order valence-electron chi connectivity index (χ0n) is 15.7. The number of carbonyl (C=O) groups is 1. The van der Waals surface area contributed by atoms with E-state index in [1.54, 1.807) is 6.07 Å². The van der Waals surface area contributed by atoms with Gasteiger partial charge >= 0.3 is 0 Å². The molecule has 2 aliphatic rings. The Morgan fingerprint density at radius 2 is 1.96 bits per heavy atom. The van der Waals surface area contributed by atoms with Gasteiger partial charge in [-0.05, 0) is 58.6 Å². The summed E-state index contributed by atoms with van der Waals surface area (Å²) in [7, 11) is 0. The first kappa shape index (κ1) is 17.3. The van der Waals surface area contributed by atoms with Crippen molar-refractivity contribution in [2.24, 2.45) is 5.41 Å². The second-order valence-corrected chi connectivity index (χ2v) is 8.09. The molecule has 140 valence electrons. The molecule has 1 aliphatic carbocycles. The number of aryl methyl sites for hydroxylation is 2. The average Bonchev–Trinajstić information content (AvgIpc) is 3.22. The minimum atomic E-state index is -0.575. The summed E-state index contributed by atoms with van der Waals surface area (Å²) in [6.07, 6.45) is 4.21. The third-order valence-corrected chi connectivity index (χ3v) is 6.65. The summed E-state index contributed by atoms with van der Waals surface area (Å²) in [5, 5.41) is 14.4. The van der Waals surface area contributed by atoms with Gasteiger partial charge in [0.1, 0.15) is 11.5 Å². The summed E-state index contributed by atoms with van der Waals surface area (Å²) in [6.45, 7) is 7.06. The van der Waals surface area contributed by atoms with Crippen LogP contribution in [0.4, 0.5) is 0 Å². The molecule has 2 fully saturated rings. The maximum Gasteiger partial charge on any atom is 0.289 e. The quantitative estimate of drug-likeness (QED) is 0.911. The zero-order chi connectivity index (χ0) is 18.5. The second kappa shape index (κ2) is 5.98. The highest BCUT2D eigenvalue weighted by Gasteiger charge is 2.55. The predicted molar refractivity (Wildman–Crippen MR) is 94.9 cm³/mol. The largest absolute Gasteiger partial charge is 0.456 e. The molecule has 3 heterocycles. The van der Waals surface area contributed by atoms with Gasteiger partial charge in [-0.3, -0.25) is 4.79 Å². The molecule has 0 bridgehead atoms. The van der Waals surface area contributed by atoms with Gasteiger partial charge in [0.25, 0.3) is 5.91 Å². The number of likely N-dealkylation sites (tertiary alicyclic amines) is 1. The third kappa shape index (κ3) is 2.67. The van der Waals surface area contributed by atoms with Crippen molar-refractivity contribution >= 4 is 5.91 Å². The molecule has 4 rings (SSSR count). The molecule has 0 radical (unpaired) electrons. The van der Waals surface area contributed by atoms with Gasteiger partial charge < -0.3 is 18.9 Å². The highest BCUT2D eigenvalue weighted by atomic mass is 16.5. The summed E-state index contributed by atoms with van der Waals surface area (Å²) >= 11 is 0. The molecule has 1 spiro atoms. The fourth-order valence-corrected chi connectivity index (χ4v) is 4.44. The first-order valence-electron chi connectivity index (χ1n) is 9.33. The van der Waals surface area contributed by atoms with Gasteiger partial charge in [0.15, 0.2) is 5.76 Å². The fraction of sp³-hybridized carbons (Fsp3) is 0.600. The lowest BCUT2D eigenvalue weighted by Gasteiger charge is -2.58. The average molecular weight is 358 g/mol. The topological polar surface area (TPSA) is 79.7 Å². The van der Waals surface area contributed by atoms with Gasteiger partial charge in [-0.2, -0.15) is 0 Å². The molecule has 6 heteroatoms. The minimum Gasteiger partial charge on any atom is -0.456 e. The standard InChI is InChI=1S/C20H26N2O4/c1-13-16(14(2)26-21-13)12-15-4-5-17(25-15)18(23)22-10-8-20(9-11-22)7-6-19(20,3)24/h4-5,24H,6-12H2,1-3H3. The normalized spacial score (nSPS) is 24.7. The van der Waals surface area contributed by atoms with E-state index in [1.807, 2.05) is 31.7 Å². The van der Waals surface area contributed by atoms with Crippen LogP contribution in [0, 0.1) is 19.3 Å². The van der Waals surface area contributed by atoms with E-state index < -0.39 is 5.60 Å². The van der Waals surface area contributed by atoms with Crippen LogP contribution in [-0.2, 0) is 6.42 Å². The first-order chi connectivity index (χ1) is 12.3. The first-order valence-corrected chi connectivity index (χ1v) is 9.33. The molecule has 2 aromatic heterocycles. The number of amides is 1. The van der Waals surface area contributed by atoms with Crippen LogP contribution in [0.25, 0.3) is 0 Å². The van der Waals surface area contributed by atoms with Crippen LogP contribution in [0.2, 0.25) is 0 Å². The van der Waals surface area contributed by atoms with E-state index in [9.17, 15) is 9.90 Å². The van der Waals surface area contributed by atoms with Crippen LogP contribution in [0.15, 0.2) is 21.1 Å². The number of rotatable bonds is 3. The Kier molecular flexibility index (Phi) is 3.99. The lowest BCUT2D eigenvalue weighted by molar-refractivity contribution is -0.174. The predicted octanol–water partition coefficient (Wildman–Crippen LogP) is 3.24. The number of aliphatic hydroxyl groups is 1. The SMILES string of the molecule is Cc1noc(C)c1Cc1ccc(C(=O)N2CCC3(CC2)CCC3(C)O)o1. The van der Waals surface area contributed by atoms with Crippen molar-refractivity contribution in [1.82, 2.24) is 10.1 Å². The van der Waals surface area contributed by atoms with Gasteiger partial charge in [-0.25, -0.2) is 0 Å². The van der Waals surface area contributed by atoms with Gasteiger partial charge in [0, 0.05) is 30.5 Å². The monoisotopic (exact) mass is 358 g/mol. The van der Waals surface area contributed by atoms with Crippen molar-refractivity contribution in [3.8, 4) is 0 Å². The Labute approximate surface area is 153 Å². The molecule has 0 aromatic carbocycles. The highest BCUT2D eigenvalue weighted by molar-refractivity contribution is 5.91. The zero-order valence-corrected chi connectivity index (χ0v) is 15.7. The smallest absolute Gasteiger partial charge is 0.289 e. The van der Waals surface area contributed by atoms with Crippen molar-refractivity contribution < 1.29 is 18.8 Å². The Morgan fingerprint density at radius 1 is 1.23 bits per heavy atom. The van der Waals surface area contributed by atoms with Crippen LogP contribution < -0.4 is 0 Å². The van der Waals surface area contributed by atoms with E-state index in [2.05, 4.69) is 5.16 Å². The molecular weight excluding hydrogens is 332 g/mol. The van der Waals surface area contributed by atoms with E-state index in [0.29, 0.717) is 25.3 Å². The van der Waals surface area contributed by atoms with E-state index >= 15 is 0 Å². The molecule has 6 nitrogen and oxygen atoms in total. The maximum absolute atomic E-state index is 12.8. The van der Waals surface area contributed by atoms with Crippen LogP contribution in [-0.4, -0.2) is 39.8 Å². The number of hydrogen-bond donors (Lipinski definition) is 1. The van der Waals surface area contributed by atoms with Crippen LogP contribution in [0.3, 0.4) is 0 Å². The lowest BCUT2D eigenvalue weighted by atomic mass is 9.53. The molecule has 1 amide bonds. The molecule has 1 unspecified atom stereocenters. The maximum atomic E-state index is 12.8. The number of aromatic nitrogens is 1. The molecular formula is C20H26N2O4. The fourth-order valence-electron chi connectivity index (χ4n) is 4.44. The van der Waals surface area contributed by atoms with Crippen LogP contribution in [0.5, 0.6) is 0 Å². The van der Waals surface area contributed by atoms with Crippen molar-refractivity contribution in [3.63, 3.8) is 0 Å². The van der Waals surface area contributed by atoms with Crippen molar-refractivity contribution in [1.29, 1.82) is 0 Å². The molecule has 1 saturated heterocycles. The van der Waals surface area contributed by atoms with Crippen molar-refractivity contribution in [2.75, 3.05) is 13.1 Å². The molecule has 1 saturated carbocycles. The summed E-state index contributed by atoms with van der Waals surface area (Å²) in [4.78, 5) is 14.6. The second-order valence-electron chi connectivity index (χ2n) is 8.09. The Morgan fingerprint density at radius 3 is 2.50 bits per heavy atom. The van der Waals surface area contributed by atoms with E-state index in [1.165, 1.54) is 0 Å². The van der Waals surface area contributed by atoms with Crippen LogP contribution in [0.1, 0.15) is 65.9 Å². The summed E-state index contributed by atoms with van der Waals surface area (Å²) in [5.41, 5.74) is 1.28. The Hall–Kier alpha value is -2.08. The van der Waals surface area contributed by atoms with Gasteiger partial charge in [0.2, 0.25) is 0 Å². The molecule has 1 atom stereocenters. The van der Waals surface area contributed by atoms with E-state index in [-0.39, 0.29) is 11.3 Å². The number of hydrogen-bond acceptors (Lipinski definition) is 5. The molecule has 26 heavy (non-hydrogen) atoms. The van der Waals surface area contributed by atoms with E-state index in [4.69, 9.17) is 8.94 Å². The van der Waals surface area contributed by atoms with Gasteiger partial charge in [-0.1, -0.05) is 5.16 Å².